The highest BCUT2D eigenvalue weighted by Gasteiger charge is 2.08. The minimum Gasteiger partial charge on any atom is -0.493 e. The van der Waals surface area contributed by atoms with Gasteiger partial charge in [0, 0.05) is 12.0 Å². The van der Waals surface area contributed by atoms with Gasteiger partial charge in [-0.1, -0.05) is 13.0 Å². The second-order valence-electron chi connectivity index (χ2n) is 4.33. The minimum absolute atomic E-state index is 0.469. The molecule has 1 N–H and O–H groups in total. The Bertz CT molecular complexity index is 691. The molecule has 2 aromatic rings. The molecule has 1 heterocycles. The first-order chi connectivity index (χ1) is 10.2. The third-order valence-corrected chi connectivity index (χ3v) is 3.20. The highest BCUT2D eigenvalue weighted by molar-refractivity contribution is 7.71. The number of methoxy groups -OCH3 is 2. The topological polar surface area (TPSA) is 64.4 Å². The average molecular weight is 306 g/mol. The van der Waals surface area contributed by atoms with Crippen LogP contribution in [0, 0.1) is 4.77 Å². The number of hydrogen-bond acceptors (Lipinski definition) is 5. The van der Waals surface area contributed by atoms with Crippen molar-refractivity contribution in [3.63, 3.8) is 0 Å². The molecule has 7 heteroatoms. The van der Waals surface area contributed by atoms with E-state index in [-0.39, 0.29) is 0 Å². The second-order valence-corrected chi connectivity index (χ2v) is 4.72. The summed E-state index contributed by atoms with van der Waals surface area (Å²) in [4.78, 5) is 0. The normalized spacial score (nSPS) is 11.0. The number of aromatic amines is 1. The van der Waals surface area contributed by atoms with E-state index in [4.69, 9.17) is 21.7 Å². The van der Waals surface area contributed by atoms with E-state index >= 15 is 0 Å². The fraction of sp³-hybridized carbons (Fsp3) is 0.357. The summed E-state index contributed by atoms with van der Waals surface area (Å²) in [5, 5.41) is 11.3. The molecule has 0 fully saturated rings. The zero-order valence-electron chi connectivity index (χ0n) is 12.3. The molecule has 0 unspecified atom stereocenters. The lowest BCUT2D eigenvalue weighted by Gasteiger charge is -2.09. The maximum absolute atomic E-state index is 5.37. The number of rotatable bonds is 6. The summed E-state index contributed by atoms with van der Waals surface area (Å²) >= 11 is 5.19. The van der Waals surface area contributed by atoms with Gasteiger partial charge in [-0.05, 0) is 30.8 Å². The van der Waals surface area contributed by atoms with Crippen molar-refractivity contribution in [2.24, 2.45) is 5.10 Å². The van der Waals surface area contributed by atoms with Crippen molar-refractivity contribution >= 4 is 18.4 Å². The molecule has 0 amide bonds. The van der Waals surface area contributed by atoms with Gasteiger partial charge in [-0.15, -0.1) is 0 Å². The van der Waals surface area contributed by atoms with Gasteiger partial charge >= 0.3 is 0 Å². The number of benzene rings is 1. The molecule has 0 saturated carbocycles. The van der Waals surface area contributed by atoms with Gasteiger partial charge in [0.05, 0.1) is 20.4 Å². The fourth-order valence-electron chi connectivity index (χ4n) is 1.96. The van der Waals surface area contributed by atoms with Crippen molar-refractivity contribution in [3.05, 3.63) is 34.4 Å². The molecule has 0 radical (unpaired) electrons. The molecule has 1 aromatic carbocycles. The van der Waals surface area contributed by atoms with Crippen LogP contribution in [-0.2, 0) is 6.42 Å². The van der Waals surface area contributed by atoms with Gasteiger partial charge < -0.3 is 9.47 Å². The van der Waals surface area contributed by atoms with Gasteiger partial charge in [-0.2, -0.15) is 14.9 Å². The van der Waals surface area contributed by atoms with Crippen LogP contribution in [0.5, 0.6) is 11.5 Å². The van der Waals surface area contributed by atoms with Crippen LogP contribution < -0.4 is 9.47 Å². The first kappa shape index (κ1) is 15.2. The third kappa shape index (κ3) is 3.30. The van der Waals surface area contributed by atoms with Gasteiger partial charge in [-0.25, -0.2) is 0 Å². The number of aryl methyl sites for hydroxylation is 1. The lowest BCUT2D eigenvalue weighted by atomic mass is 10.2. The molecule has 2 rings (SSSR count). The van der Waals surface area contributed by atoms with E-state index in [0.717, 1.165) is 24.2 Å². The van der Waals surface area contributed by atoms with Gasteiger partial charge in [0.25, 0.3) is 0 Å². The second kappa shape index (κ2) is 7.03. The third-order valence-electron chi connectivity index (χ3n) is 2.94. The van der Waals surface area contributed by atoms with Crippen LogP contribution in [0.2, 0.25) is 0 Å². The molecular formula is C14H18N4O2S. The molecule has 112 valence electrons. The Morgan fingerprint density at radius 1 is 1.38 bits per heavy atom. The highest BCUT2D eigenvalue weighted by atomic mass is 32.1. The molecule has 0 aliphatic carbocycles. The Morgan fingerprint density at radius 3 is 2.86 bits per heavy atom. The van der Waals surface area contributed by atoms with Crippen molar-refractivity contribution in [3.8, 4) is 11.5 Å². The van der Waals surface area contributed by atoms with Crippen LogP contribution in [-0.4, -0.2) is 35.3 Å². The zero-order chi connectivity index (χ0) is 15.2. The molecule has 1 aromatic heterocycles. The minimum atomic E-state index is 0.469. The quantitative estimate of drug-likeness (QED) is 0.658. The first-order valence-corrected chi connectivity index (χ1v) is 7.03. The summed E-state index contributed by atoms with van der Waals surface area (Å²) in [5.41, 5.74) is 0.808. The molecule has 0 saturated heterocycles. The monoisotopic (exact) mass is 306 g/mol. The summed E-state index contributed by atoms with van der Waals surface area (Å²) in [7, 11) is 3.20. The SMILES string of the molecule is CCCc1n[nH]c(=S)n1/N=C/c1cccc(OC)c1OC. The summed E-state index contributed by atoms with van der Waals surface area (Å²) < 4.78 is 12.7. The van der Waals surface area contributed by atoms with Crippen molar-refractivity contribution in [2.45, 2.75) is 19.8 Å². The van der Waals surface area contributed by atoms with E-state index in [1.54, 1.807) is 25.1 Å². The lowest BCUT2D eigenvalue weighted by Crippen LogP contribution is -2.00. The number of nitrogens with one attached hydrogen (secondary N) is 1. The van der Waals surface area contributed by atoms with Crippen LogP contribution in [0.4, 0.5) is 0 Å². The van der Waals surface area contributed by atoms with Crippen LogP contribution in [0.3, 0.4) is 0 Å². The van der Waals surface area contributed by atoms with E-state index in [2.05, 4.69) is 22.2 Å². The fourth-order valence-corrected chi connectivity index (χ4v) is 2.16. The Hall–Kier alpha value is -2.15. The Balaban J connectivity index is 2.38. The molecular weight excluding hydrogens is 288 g/mol. The van der Waals surface area contributed by atoms with Gasteiger partial charge in [0.15, 0.2) is 17.3 Å². The van der Waals surface area contributed by atoms with E-state index < -0.39 is 0 Å². The summed E-state index contributed by atoms with van der Waals surface area (Å²) in [6.45, 7) is 2.08. The smallest absolute Gasteiger partial charge is 0.216 e. The largest absolute Gasteiger partial charge is 0.493 e. The molecule has 0 aliphatic heterocycles. The molecule has 0 bridgehead atoms. The lowest BCUT2D eigenvalue weighted by molar-refractivity contribution is 0.354. The average Bonchev–Trinajstić information content (AvgIpc) is 2.85. The predicted molar refractivity (Wildman–Crippen MR) is 83.9 cm³/mol. The summed E-state index contributed by atoms with van der Waals surface area (Å²) in [5.74, 6) is 2.10. The molecule has 0 aliphatic rings. The van der Waals surface area contributed by atoms with Crippen LogP contribution in [0.15, 0.2) is 23.3 Å². The zero-order valence-corrected chi connectivity index (χ0v) is 13.1. The van der Waals surface area contributed by atoms with E-state index in [0.29, 0.717) is 16.3 Å². The van der Waals surface area contributed by atoms with Crippen LogP contribution >= 0.6 is 12.2 Å². The Kier molecular flexibility index (Phi) is 5.10. The number of para-hydroxylation sites is 1. The number of H-pyrrole nitrogens is 1. The molecule has 0 spiro atoms. The molecule has 21 heavy (non-hydrogen) atoms. The summed E-state index contributed by atoms with van der Waals surface area (Å²) in [6.07, 6.45) is 3.46. The van der Waals surface area contributed by atoms with Crippen LogP contribution in [0.25, 0.3) is 0 Å². The molecule has 0 atom stereocenters. The Labute approximate surface area is 128 Å². The van der Waals surface area contributed by atoms with Crippen LogP contribution in [0.1, 0.15) is 24.7 Å². The Morgan fingerprint density at radius 2 is 2.19 bits per heavy atom. The van der Waals surface area contributed by atoms with E-state index in [9.17, 15) is 0 Å². The standard InChI is InChI=1S/C14H18N4O2S/c1-4-6-12-16-17-14(21)18(12)15-9-10-7-5-8-11(19-2)13(10)20-3/h5,7-9H,4,6H2,1-3H3,(H,17,21)/b15-9+. The first-order valence-electron chi connectivity index (χ1n) is 6.62. The number of aromatic nitrogens is 3. The number of ether oxygens (including phenoxy) is 2. The highest BCUT2D eigenvalue weighted by Crippen LogP contribution is 2.29. The van der Waals surface area contributed by atoms with E-state index in [1.807, 2.05) is 18.2 Å². The maximum atomic E-state index is 5.37. The van der Waals surface area contributed by atoms with Gasteiger partial charge in [0.2, 0.25) is 4.77 Å². The van der Waals surface area contributed by atoms with Crippen molar-refractivity contribution in [2.75, 3.05) is 14.2 Å². The van der Waals surface area contributed by atoms with Crippen molar-refractivity contribution < 1.29 is 9.47 Å². The number of hydrogen-bond donors (Lipinski definition) is 1. The predicted octanol–water partition coefficient (Wildman–Crippen LogP) is 2.79. The molecule has 6 nitrogen and oxygen atoms in total. The van der Waals surface area contributed by atoms with Crippen molar-refractivity contribution in [1.82, 2.24) is 14.9 Å². The van der Waals surface area contributed by atoms with Gasteiger partial charge in [-0.3, -0.25) is 5.10 Å². The van der Waals surface area contributed by atoms with Gasteiger partial charge in [0.1, 0.15) is 0 Å². The van der Waals surface area contributed by atoms with Crippen molar-refractivity contribution in [1.29, 1.82) is 0 Å². The maximum Gasteiger partial charge on any atom is 0.216 e. The summed E-state index contributed by atoms with van der Waals surface area (Å²) in [6, 6.07) is 5.61. The number of nitrogens with zero attached hydrogens (tertiary/aromatic N) is 3. The van der Waals surface area contributed by atoms with E-state index in [1.165, 1.54) is 0 Å².